The van der Waals surface area contributed by atoms with Gasteiger partial charge in [0.15, 0.2) is 0 Å². The van der Waals surface area contributed by atoms with E-state index in [1.807, 2.05) is 0 Å². The molecule has 0 radical (unpaired) electrons. The third-order valence-electron chi connectivity index (χ3n) is 4.47. The number of thioether (sulfide) groups is 1. The van der Waals surface area contributed by atoms with Gasteiger partial charge in [-0.3, -0.25) is 13.9 Å². The van der Waals surface area contributed by atoms with Crippen LogP contribution in [0.2, 0.25) is 0 Å². The Bertz CT molecular complexity index is 1020. The van der Waals surface area contributed by atoms with Crippen LogP contribution in [0.5, 0.6) is 5.75 Å². The maximum Gasteiger partial charge on any atom is 0.459 e. The summed E-state index contributed by atoms with van der Waals surface area (Å²) < 4.78 is 25.5. The molecule has 11 nitrogen and oxygen atoms in total. The first-order valence-electron chi connectivity index (χ1n) is 9.35. The topological polar surface area (TPSA) is 166 Å². The van der Waals surface area contributed by atoms with E-state index in [0.717, 1.165) is 0 Å². The van der Waals surface area contributed by atoms with E-state index in [2.05, 4.69) is 10.1 Å². The van der Waals surface area contributed by atoms with Crippen molar-refractivity contribution in [2.75, 3.05) is 12.3 Å². The van der Waals surface area contributed by atoms with E-state index in [1.54, 1.807) is 30.3 Å². The van der Waals surface area contributed by atoms with Crippen LogP contribution in [0.25, 0.3) is 0 Å². The number of nitrogens with zero attached hydrogens (tertiary/aromatic N) is 2. The van der Waals surface area contributed by atoms with Crippen LogP contribution in [0.15, 0.2) is 47.4 Å². The number of benzene rings is 1. The minimum absolute atomic E-state index is 0.0994. The average Bonchev–Trinajstić information content (AvgIpc) is 3.07. The van der Waals surface area contributed by atoms with Gasteiger partial charge in [0.2, 0.25) is 0 Å². The Hall–Kier alpha value is -2.37. The maximum absolute atomic E-state index is 13.2. The summed E-state index contributed by atoms with van der Waals surface area (Å²) in [6.07, 6.45) is 0.881. The zero-order valence-electron chi connectivity index (χ0n) is 16.5. The number of para-hydroxylation sites is 1. The van der Waals surface area contributed by atoms with E-state index in [0.29, 0.717) is 0 Å². The molecule has 1 aliphatic heterocycles. The number of aliphatic hydroxyl groups excluding tert-OH is 1. The quantitative estimate of drug-likeness (QED) is 0.392. The van der Waals surface area contributed by atoms with Crippen LogP contribution in [0.1, 0.15) is 18.7 Å². The van der Waals surface area contributed by atoms with Gasteiger partial charge in [-0.2, -0.15) is 10.1 Å². The van der Waals surface area contributed by atoms with Gasteiger partial charge in [0.05, 0.1) is 23.3 Å². The van der Waals surface area contributed by atoms with Gasteiger partial charge in [-0.1, -0.05) is 18.2 Å². The first-order chi connectivity index (χ1) is 14.7. The fourth-order valence-corrected chi connectivity index (χ4v) is 5.92. The summed E-state index contributed by atoms with van der Waals surface area (Å²) in [4.78, 5) is 27.0. The summed E-state index contributed by atoms with van der Waals surface area (Å²) in [5.74, 6) is -0.902. The van der Waals surface area contributed by atoms with Crippen LogP contribution in [-0.2, 0) is 13.9 Å². The van der Waals surface area contributed by atoms with Crippen molar-refractivity contribution in [2.24, 2.45) is 0 Å². The highest BCUT2D eigenvalue weighted by atomic mass is 32.2. The third kappa shape index (κ3) is 6.08. The lowest BCUT2D eigenvalue weighted by Gasteiger charge is -2.23. The van der Waals surface area contributed by atoms with Crippen molar-refractivity contribution in [3.8, 4) is 5.75 Å². The van der Waals surface area contributed by atoms with Gasteiger partial charge >= 0.3 is 19.4 Å². The summed E-state index contributed by atoms with van der Waals surface area (Å²) in [7, 11) is -4.09. The molecule has 1 aliphatic rings. The summed E-state index contributed by atoms with van der Waals surface area (Å²) in [6, 6.07) is 8.46. The number of anilines is 1. The number of carbonyl (C=O) groups is 1. The molecular weight excluding hydrogens is 447 g/mol. The van der Waals surface area contributed by atoms with Crippen LogP contribution in [0, 0.1) is 0 Å². The average molecular weight is 470 g/mol. The van der Waals surface area contributed by atoms with Crippen molar-refractivity contribution < 1.29 is 28.6 Å². The monoisotopic (exact) mass is 470 g/mol. The van der Waals surface area contributed by atoms with E-state index >= 15 is 0 Å². The second-order valence-electron chi connectivity index (χ2n) is 6.86. The summed E-state index contributed by atoms with van der Waals surface area (Å²) in [5.41, 5.74) is 4.97. The number of aliphatic carboxylic acids is 1. The first-order valence-corrected chi connectivity index (χ1v) is 11.8. The molecule has 0 spiro atoms. The normalized spacial score (nSPS) is 23.7. The molecule has 2 aromatic rings. The van der Waals surface area contributed by atoms with Gasteiger partial charge in [0.1, 0.15) is 17.6 Å². The molecule has 31 heavy (non-hydrogen) atoms. The van der Waals surface area contributed by atoms with Crippen molar-refractivity contribution in [1.82, 2.24) is 14.6 Å². The fourth-order valence-electron chi connectivity index (χ4n) is 2.85. The fraction of sp³-hybridized carbons (Fsp3) is 0.389. The van der Waals surface area contributed by atoms with Crippen molar-refractivity contribution in [3.05, 3.63) is 53.1 Å². The Kier molecular flexibility index (Phi) is 7.39. The molecule has 0 bridgehead atoms. The highest BCUT2D eigenvalue weighted by Crippen LogP contribution is 2.48. The molecule has 1 saturated heterocycles. The number of hydrogen-bond acceptors (Lipinski definition) is 9. The lowest BCUT2D eigenvalue weighted by Crippen LogP contribution is -2.34. The number of aromatic nitrogens is 2. The number of rotatable bonds is 9. The minimum Gasteiger partial charge on any atom is -0.480 e. The highest BCUT2D eigenvalue weighted by Gasteiger charge is 2.39. The largest absolute Gasteiger partial charge is 0.480 e. The Morgan fingerprint density at radius 2 is 2.13 bits per heavy atom. The van der Waals surface area contributed by atoms with Crippen molar-refractivity contribution in [1.29, 1.82) is 0 Å². The second-order valence-corrected chi connectivity index (χ2v) is 9.98. The maximum atomic E-state index is 13.2. The predicted octanol–water partition coefficient (Wildman–Crippen LogP) is 1.46. The minimum atomic E-state index is -4.09. The smallest absolute Gasteiger partial charge is 0.459 e. The SMILES string of the molecule is CC(N[P@](=O)(OC[C@H]1S[C@@H](n2ccc(N)nc2=O)C[C@@H]1O)Oc1ccccc1)C(=O)O. The lowest BCUT2D eigenvalue weighted by molar-refractivity contribution is -0.138. The summed E-state index contributed by atoms with van der Waals surface area (Å²) >= 11 is 1.25. The Morgan fingerprint density at radius 3 is 2.77 bits per heavy atom. The van der Waals surface area contributed by atoms with Crippen molar-refractivity contribution >= 4 is 31.3 Å². The van der Waals surface area contributed by atoms with Gasteiger partial charge in [0.25, 0.3) is 0 Å². The zero-order chi connectivity index (χ0) is 22.6. The van der Waals surface area contributed by atoms with Crippen LogP contribution < -0.4 is 21.0 Å². The first kappa shape index (κ1) is 23.3. The Morgan fingerprint density at radius 1 is 1.42 bits per heavy atom. The molecule has 0 aliphatic carbocycles. The molecule has 5 N–H and O–H groups in total. The molecule has 1 aromatic carbocycles. The third-order valence-corrected chi connectivity index (χ3v) is 7.64. The van der Waals surface area contributed by atoms with Crippen LogP contribution in [-0.4, -0.2) is 49.7 Å². The van der Waals surface area contributed by atoms with Crippen LogP contribution in [0.3, 0.4) is 0 Å². The number of hydrogen-bond donors (Lipinski definition) is 4. The van der Waals surface area contributed by atoms with Gasteiger partial charge in [0, 0.05) is 12.6 Å². The summed E-state index contributed by atoms with van der Waals surface area (Å²) in [5, 5.41) is 21.0. The number of carboxylic acid groups (broad SMARTS) is 1. The molecule has 168 valence electrons. The Balaban J connectivity index is 1.70. The Labute approximate surface area is 182 Å². The molecule has 3 rings (SSSR count). The number of nitrogens with two attached hydrogens (primary N) is 1. The van der Waals surface area contributed by atoms with Gasteiger partial charge in [-0.25, -0.2) is 9.36 Å². The van der Waals surface area contributed by atoms with Gasteiger partial charge in [-0.05, 0) is 25.1 Å². The predicted molar refractivity (Wildman–Crippen MR) is 115 cm³/mol. The van der Waals surface area contributed by atoms with Crippen molar-refractivity contribution in [3.63, 3.8) is 0 Å². The molecule has 1 aromatic heterocycles. The van der Waals surface area contributed by atoms with Gasteiger partial charge < -0.3 is 20.5 Å². The molecule has 2 heterocycles. The standard InChI is InChI=1S/C18H23N4O7PS/c1-11(17(24)25)21-30(27,29-12-5-3-2-4-6-12)28-10-14-13(23)9-16(31-14)22-8-7-15(19)20-18(22)26/h2-8,11,13-14,16,23H,9-10H2,1H3,(H,21,27)(H,24,25)(H2,19,20,26)/t11?,13-,14+,16+,30-/m0/s1. The van der Waals surface area contributed by atoms with E-state index < -0.39 is 42.2 Å². The highest BCUT2D eigenvalue weighted by molar-refractivity contribution is 8.00. The number of nitrogen functional groups attached to an aromatic ring is 1. The molecular formula is C18H23N4O7PS. The number of carboxylic acids is 1. The van der Waals surface area contributed by atoms with E-state index in [4.69, 9.17) is 19.9 Å². The van der Waals surface area contributed by atoms with E-state index in [-0.39, 0.29) is 24.6 Å². The summed E-state index contributed by atoms with van der Waals surface area (Å²) in [6.45, 7) is 1.10. The van der Waals surface area contributed by atoms with Crippen LogP contribution in [0.4, 0.5) is 5.82 Å². The van der Waals surface area contributed by atoms with Crippen molar-refractivity contribution in [2.45, 2.75) is 36.1 Å². The number of aliphatic hydroxyl groups is 1. The van der Waals surface area contributed by atoms with Crippen LogP contribution >= 0.6 is 19.5 Å². The molecule has 13 heteroatoms. The zero-order valence-corrected chi connectivity index (χ0v) is 18.2. The molecule has 0 saturated carbocycles. The van der Waals surface area contributed by atoms with E-state index in [1.165, 1.54) is 35.5 Å². The van der Waals surface area contributed by atoms with E-state index in [9.17, 15) is 19.3 Å². The second kappa shape index (κ2) is 9.84. The molecule has 1 fully saturated rings. The lowest BCUT2D eigenvalue weighted by atomic mass is 10.2. The van der Waals surface area contributed by atoms with Gasteiger partial charge in [-0.15, -0.1) is 11.8 Å². The molecule has 0 amide bonds. The molecule has 1 unspecified atom stereocenters. The number of nitrogens with one attached hydrogen (secondary N) is 1. The molecule has 5 atom stereocenters.